The zero-order valence-electron chi connectivity index (χ0n) is 12.8. The van der Waals surface area contributed by atoms with Gasteiger partial charge in [0.1, 0.15) is 10.7 Å². The van der Waals surface area contributed by atoms with E-state index in [0.717, 1.165) is 18.5 Å². The molecule has 1 aromatic carbocycles. The van der Waals surface area contributed by atoms with E-state index < -0.39 is 0 Å². The van der Waals surface area contributed by atoms with E-state index in [0.29, 0.717) is 10.7 Å². The van der Waals surface area contributed by atoms with Crippen LogP contribution >= 0.6 is 12.2 Å². The van der Waals surface area contributed by atoms with Crippen LogP contribution in [0.4, 0.5) is 0 Å². The molecule has 21 heavy (non-hydrogen) atoms. The summed E-state index contributed by atoms with van der Waals surface area (Å²) in [4.78, 5) is 14.2. The van der Waals surface area contributed by atoms with Gasteiger partial charge in [-0.3, -0.25) is 4.79 Å². The molecule has 6 heteroatoms. The number of thiocarbonyl (C=S) groups is 1. The zero-order valence-corrected chi connectivity index (χ0v) is 13.6. The van der Waals surface area contributed by atoms with Gasteiger partial charge in [0.2, 0.25) is 0 Å². The fourth-order valence-corrected chi connectivity index (χ4v) is 1.84. The minimum absolute atomic E-state index is 0.00127. The quantitative estimate of drug-likeness (QED) is 0.705. The summed E-state index contributed by atoms with van der Waals surface area (Å²) >= 11 is 4.87. The first-order valence-electron chi connectivity index (χ1n) is 6.85. The van der Waals surface area contributed by atoms with Crippen LogP contribution in [0, 0.1) is 0 Å². The van der Waals surface area contributed by atoms with Crippen LogP contribution in [-0.4, -0.2) is 49.1 Å². The highest BCUT2D eigenvalue weighted by Gasteiger charge is 2.08. The molecule has 0 bridgehead atoms. The van der Waals surface area contributed by atoms with Gasteiger partial charge in [-0.15, -0.1) is 0 Å². The van der Waals surface area contributed by atoms with Gasteiger partial charge in [-0.25, -0.2) is 0 Å². The summed E-state index contributed by atoms with van der Waals surface area (Å²) in [6.45, 7) is 2.92. The third-order valence-electron chi connectivity index (χ3n) is 2.93. The lowest BCUT2D eigenvalue weighted by molar-refractivity contribution is -0.123. The molecule has 0 aromatic heterocycles. The topological polar surface area (TPSA) is 67.6 Å². The molecule has 1 amide bonds. The molecule has 0 radical (unpaired) electrons. The second kappa shape index (κ2) is 8.59. The van der Waals surface area contributed by atoms with Crippen molar-refractivity contribution in [3.63, 3.8) is 0 Å². The van der Waals surface area contributed by atoms with Crippen LogP contribution < -0.4 is 15.8 Å². The Balaban J connectivity index is 2.34. The molecule has 0 saturated heterocycles. The highest BCUT2D eigenvalue weighted by atomic mass is 32.1. The monoisotopic (exact) mass is 309 g/mol. The Kier molecular flexibility index (Phi) is 7.11. The van der Waals surface area contributed by atoms with Crippen LogP contribution in [-0.2, 0) is 4.79 Å². The van der Waals surface area contributed by atoms with Crippen LogP contribution in [0.1, 0.15) is 18.9 Å². The number of carbonyl (C=O) groups excluding carboxylic acids is 1. The summed E-state index contributed by atoms with van der Waals surface area (Å²) in [5.41, 5.74) is 6.29. The van der Waals surface area contributed by atoms with Gasteiger partial charge in [-0.05, 0) is 58.3 Å². The first kappa shape index (κ1) is 17.4. The fourth-order valence-electron chi connectivity index (χ4n) is 1.70. The Morgan fingerprint density at radius 2 is 2.00 bits per heavy atom. The van der Waals surface area contributed by atoms with E-state index in [-0.39, 0.29) is 18.6 Å². The van der Waals surface area contributed by atoms with Crippen LogP contribution in [0.3, 0.4) is 0 Å². The maximum atomic E-state index is 11.8. The second-order valence-electron chi connectivity index (χ2n) is 5.24. The summed E-state index contributed by atoms with van der Waals surface area (Å²) in [6, 6.07) is 7.17. The third kappa shape index (κ3) is 7.06. The Labute approximate surface area is 131 Å². The summed E-state index contributed by atoms with van der Waals surface area (Å²) in [5.74, 6) is 0.491. The van der Waals surface area contributed by atoms with E-state index in [1.807, 2.05) is 21.0 Å². The molecule has 0 aliphatic carbocycles. The van der Waals surface area contributed by atoms with Gasteiger partial charge in [0.05, 0.1) is 0 Å². The molecule has 0 aliphatic rings. The Bertz CT molecular complexity index is 474. The van der Waals surface area contributed by atoms with Gasteiger partial charge < -0.3 is 20.7 Å². The first-order chi connectivity index (χ1) is 9.88. The average Bonchev–Trinajstić information content (AvgIpc) is 2.43. The molecule has 116 valence electrons. The number of benzene rings is 1. The molecule has 0 aliphatic heterocycles. The van der Waals surface area contributed by atoms with Crippen LogP contribution in [0.5, 0.6) is 5.75 Å². The number of nitrogens with one attached hydrogen (secondary N) is 1. The smallest absolute Gasteiger partial charge is 0.258 e. The van der Waals surface area contributed by atoms with E-state index in [1.165, 1.54) is 0 Å². The van der Waals surface area contributed by atoms with Gasteiger partial charge in [0, 0.05) is 11.6 Å². The Morgan fingerprint density at radius 1 is 1.38 bits per heavy atom. The van der Waals surface area contributed by atoms with Crippen molar-refractivity contribution in [1.82, 2.24) is 10.2 Å². The van der Waals surface area contributed by atoms with Crippen molar-refractivity contribution >= 4 is 23.1 Å². The average molecular weight is 309 g/mol. The normalized spacial score (nSPS) is 12.0. The number of nitrogens with two attached hydrogens (primary N) is 1. The molecular weight excluding hydrogens is 286 g/mol. The summed E-state index contributed by atoms with van der Waals surface area (Å²) in [5, 5.41) is 2.90. The molecule has 1 aromatic rings. The lowest BCUT2D eigenvalue weighted by Crippen LogP contribution is -2.37. The summed E-state index contributed by atoms with van der Waals surface area (Å²) in [7, 11) is 4.02. The largest absolute Gasteiger partial charge is 0.484 e. The number of hydrogen-bond donors (Lipinski definition) is 2. The number of carbonyl (C=O) groups is 1. The van der Waals surface area contributed by atoms with E-state index in [2.05, 4.69) is 10.2 Å². The van der Waals surface area contributed by atoms with Crippen molar-refractivity contribution in [3.05, 3.63) is 29.8 Å². The predicted octanol–water partition coefficient (Wildman–Crippen LogP) is 1.16. The van der Waals surface area contributed by atoms with E-state index in [1.54, 1.807) is 24.3 Å². The molecule has 1 atom stereocenters. The van der Waals surface area contributed by atoms with Crippen molar-refractivity contribution in [1.29, 1.82) is 0 Å². The molecule has 1 unspecified atom stereocenters. The molecule has 0 spiro atoms. The number of rotatable bonds is 8. The molecule has 5 nitrogen and oxygen atoms in total. The van der Waals surface area contributed by atoms with Gasteiger partial charge in [0.15, 0.2) is 6.61 Å². The Hall–Kier alpha value is -1.66. The van der Waals surface area contributed by atoms with Gasteiger partial charge in [-0.2, -0.15) is 0 Å². The maximum absolute atomic E-state index is 11.8. The van der Waals surface area contributed by atoms with E-state index in [4.69, 9.17) is 22.7 Å². The van der Waals surface area contributed by atoms with Crippen molar-refractivity contribution in [2.45, 2.75) is 19.4 Å². The second-order valence-corrected chi connectivity index (χ2v) is 5.68. The highest BCUT2D eigenvalue weighted by Crippen LogP contribution is 2.11. The zero-order chi connectivity index (χ0) is 15.8. The van der Waals surface area contributed by atoms with E-state index >= 15 is 0 Å². The van der Waals surface area contributed by atoms with Crippen molar-refractivity contribution in [2.75, 3.05) is 27.2 Å². The highest BCUT2D eigenvalue weighted by molar-refractivity contribution is 7.80. The maximum Gasteiger partial charge on any atom is 0.258 e. The molecule has 1 rings (SSSR count). The lowest BCUT2D eigenvalue weighted by atomic mass is 10.2. The van der Waals surface area contributed by atoms with Crippen LogP contribution in [0.15, 0.2) is 24.3 Å². The minimum Gasteiger partial charge on any atom is -0.484 e. The number of hydrogen-bond acceptors (Lipinski definition) is 4. The lowest BCUT2D eigenvalue weighted by Gasteiger charge is -2.16. The molecule has 0 saturated carbocycles. The first-order valence-corrected chi connectivity index (χ1v) is 7.26. The van der Waals surface area contributed by atoms with Crippen LogP contribution in [0.25, 0.3) is 0 Å². The molecule has 0 heterocycles. The number of nitrogens with zero attached hydrogens (tertiary/aromatic N) is 1. The van der Waals surface area contributed by atoms with Gasteiger partial charge in [-0.1, -0.05) is 12.2 Å². The summed E-state index contributed by atoms with van der Waals surface area (Å²) in [6.07, 6.45) is 0.904. The molecular formula is C15H23N3O2S. The molecule has 0 fully saturated rings. The van der Waals surface area contributed by atoms with Crippen molar-refractivity contribution in [3.8, 4) is 5.75 Å². The third-order valence-corrected chi connectivity index (χ3v) is 3.16. The number of ether oxygens (including phenoxy) is 1. The predicted molar refractivity (Wildman–Crippen MR) is 88.6 cm³/mol. The van der Waals surface area contributed by atoms with Gasteiger partial charge in [0.25, 0.3) is 5.91 Å². The standard InChI is InChI=1S/C15H23N3O2S/c1-11(8-9-18(2)3)17-14(19)10-20-13-6-4-12(5-7-13)15(16)21/h4-7,11H,8-10H2,1-3H3,(H2,16,21)(H,17,19). The van der Waals surface area contributed by atoms with Crippen LogP contribution in [0.2, 0.25) is 0 Å². The van der Waals surface area contributed by atoms with Crippen molar-refractivity contribution in [2.24, 2.45) is 5.73 Å². The molecule has 3 N–H and O–H groups in total. The number of amides is 1. The summed E-state index contributed by atoms with van der Waals surface area (Å²) < 4.78 is 5.42. The fraction of sp³-hybridized carbons (Fsp3) is 0.467. The van der Waals surface area contributed by atoms with Gasteiger partial charge >= 0.3 is 0 Å². The Morgan fingerprint density at radius 3 is 2.52 bits per heavy atom. The van der Waals surface area contributed by atoms with E-state index in [9.17, 15) is 4.79 Å². The SMILES string of the molecule is CC(CCN(C)C)NC(=O)COc1ccc(C(N)=S)cc1. The minimum atomic E-state index is -0.125. The van der Waals surface area contributed by atoms with Crippen molar-refractivity contribution < 1.29 is 9.53 Å².